The van der Waals surface area contributed by atoms with E-state index >= 15 is 0 Å². The first kappa shape index (κ1) is 16.0. The van der Waals surface area contributed by atoms with Gasteiger partial charge >= 0.3 is 0 Å². The number of aromatic nitrogens is 2. The molecule has 2 atom stereocenters. The number of sulfonamides is 1. The molecule has 0 amide bonds. The highest BCUT2D eigenvalue weighted by atomic mass is 32.2. The molecule has 2 fully saturated rings. The third-order valence-electron chi connectivity index (χ3n) is 4.87. The smallest absolute Gasteiger partial charge is 0.243 e. The van der Waals surface area contributed by atoms with Crippen LogP contribution >= 0.6 is 0 Å². The van der Waals surface area contributed by atoms with Gasteiger partial charge in [0.2, 0.25) is 16.0 Å². The van der Waals surface area contributed by atoms with Gasteiger partial charge in [0.1, 0.15) is 11.8 Å². The Morgan fingerprint density at radius 1 is 1.04 bits per heavy atom. The minimum absolute atomic E-state index is 0.257. The van der Waals surface area contributed by atoms with Gasteiger partial charge in [0.15, 0.2) is 0 Å². The molecule has 0 saturated carbocycles. The summed E-state index contributed by atoms with van der Waals surface area (Å²) < 4.78 is 27.1. The van der Waals surface area contributed by atoms with E-state index in [1.807, 2.05) is 17.0 Å². The summed E-state index contributed by atoms with van der Waals surface area (Å²) >= 11 is 0. The molecule has 2 aliphatic rings. The van der Waals surface area contributed by atoms with E-state index in [-0.39, 0.29) is 11.8 Å². The van der Waals surface area contributed by atoms with Gasteiger partial charge in [-0.3, -0.25) is 0 Å². The molecule has 25 heavy (non-hydrogen) atoms. The molecule has 7 nitrogen and oxygen atoms in total. The first-order chi connectivity index (χ1) is 12.1. The minimum Gasteiger partial charge on any atom is -0.340 e. The van der Waals surface area contributed by atoms with E-state index in [0.717, 1.165) is 0 Å². The maximum Gasteiger partial charge on any atom is 0.243 e. The van der Waals surface area contributed by atoms with Crippen molar-refractivity contribution in [2.75, 3.05) is 31.1 Å². The maximum atomic E-state index is 12.8. The Kier molecular flexibility index (Phi) is 3.90. The number of hydrogen-bond acceptors (Lipinski definition) is 6. The molecule has 3 heterocycles. The first-order valence-corrected chi connectivity index (χ1v) is 9.55. The zero-order valence-electron chi connectivity index (χ0n) is 13.5. The molecule has 2 unspecified atom stereocenters. The van der Waals surface area contributed by atoms with Crippen LogP contribution in [0.5, 0.6) is 0 Å². The highest BCUT2D eigenvalue weighted by Gasteiger charge is 2.44. The van der Waals surface area contributed by atoms with Crippen LogP contribution in [-0.2, 0) is 10.0 Å². The number of benzene rings is 1. The zero-order valence-corrected chi connectivity index (χ0v) is 14.3. The molecule has 2 saturated heterocycles. The van der Waals surface area contributed by atoms with E-state index in [0.29, 0.717) is 42.7 Å². The Hall–Kier alpha value is -2.50. The maximum absolute atomic E-state index is 12.8. The SMILES string of the molecule is N#Cc1ccnc(N2CC3CN(S(=O)(=O)c4ccccc4)CC3C2)n1. The van der Waals surface area contributed by atoms with Crippen LogP contribution in [0.2, 0.25) is 0 Å². The summed E-state index contributed by atoms with van der Waals surface area (Å²) in [6.07, 6.45) is 1.58. The summed E-state index contributed by atoms with van der Waals surface area (Å²) in [5.74, 6) is 1.06. The van der Waals surface area contributed by atoms with Gasteiger partial charge in [-0.05, 0) is 30.0 Å². The van der Waals surface area contributed by atoms with Gasteiger partial charge in [-0.1, -0.05) is 18.2 Å². The van der Waals surface area contributed by atoms with E-state index < -0.39 is 10.0 Å². The molecule has 2 aliphatic heterocycles. The summed E-state index contributed by atoms with van der Waals surface area (Å²) in [6, 6.07) is 12.2. The van der Waals surface area contributed by atoms with Gasteiger partial charge in [-0.15, -0.1) is 0 Å². The lowest BCUT2D eigenvalue weighted by Crippen LogP contribution is -2.33. The van der Waals surface area contributed by atoms with Crippen molar-refractivity contribution < 1.29 is 8.42 Å². The quantitative estimate of drug-likeness (QED) is 0.819. The van der Waals surface area contributed by atoms with Gasteiger partial charge in [-0.2, -0.15) is 9.57 Å². The van der Waals surface area contributed by atoms with Crippen molar-refractivity contribution in [2.24, 2.45) is 11.8 Å². The number of rotatable bonds is 3. The third kappa shape index (κ3) is 2.86. The second-order valence-corrected chi connectivity index (χ2v) is 8.35. The lowest BCUT2D eigenvalue weighted by Gasteiger charge is -2.21. The average Bonchev–Trinajstić information content (AvgIpc) is 3.22. The summed E-state index contributed by atoms with van der Waals surface area (Å²) in [5.41, 5.74) is 0.343. The molecule has 128 valence electrons. The van der Waals surface area contributed by atoms with Crippen LogP contribution in [0.15, 0.2) is 47.5 Å². The van der Waals surface area contributed by atoms with E-state index in [9.17, 15) is 8.42 Å². The van der Waals surface area contributed by atoms with Crippen molar-refractivity contribution in [3.8, 4) is 6.07 Å². The normalized spacial score (nSPS) is 23.4. The van der Waals surface area contributed by atoms with Crippen molar-refractivity contribution in [3.05, 3.63) is 48.3 Å². The number of anilines is 1. The Labute approximate surface area is 146 Å². The molecule has 2 aromatic rings. The summed E-state index contributed by atoms with van der Waals surface area (Å²) in [7, 11) is -3.43. The molecule has 0 N–H and O–H groups in total. The minimum atomic E-state index is -3.43. The van der Waals surface area contributed by atoms with E-state index in [1.165, 1.54) is 0 Å². The molecule has 0 spiro atoms. The van der Waals surface area contributed by atoms with E-state index in [4.69, 9.17) is 5.26 Å². The monoisotopic (exact) mass is 355 g/mol. The highest BCUT2D eigenvalue weighted by Crippen LogP contribution is 2.35. The number of hydrogen-bond donors (Lipinski definition) is 0. The van der Waals surface area contributed by atoms with Gasteiger partial charge < -0.3 is 4.90 Å². The van der Waals surface area contributed by atoms with Crippen LogP contribution in [-0.4, -0.2) is 48.9 Å². The number of nitrogens with zero attached hydrogens (tertiary/aromatic N) is 5. The van der Waals surface area contributed by atoms with Gasteiger partial charge in [0, 0.05) is 32.4 Å². The van der Waals surface area contributed by atoms with Crippen LogP contribution in [0.3, 0.4) is 0 Å². The molecular formula is C17H17N5O2S. The largest absolute Gasteiger partial charge is 0.340 e. The molecule has 0 aliphatic carbocycles. The topological polar surface area (TPSA) is 90.2 Å². The summed E-state index contributed by atoms with van der Waals surface area (Å²) in [4.78, 5) is 10.9. The van der Waals surface area contributed by atoms with E-state index in [1.54, 1.807) is 40.8 Å². The van der Waals surface area contributed by atoms with Crippen molar-refractivity contribution in [2.45, 2.75) is 4.90 Å². The molecule has 1 aromatic heterocycles. The Balaban J connectivity index is 1.48. The third-order valence-corrected chi connectivity index (χ3v) is 6.72. The molecule has 0 bridgehead atoms. The fourth-order valence-corrected chi connectivity index (χ4v) is 5.19. The summed E-state index contributed by atoms with van der Waals surface area (Å²) in [5, 5.41) is 8.97. The highest BCUT2D eigenvalue weighted by molar-refractivity contribution is 7.89. The van der Waals surface area contributed by atoms with Crippen molar-refractivity contribution in [1.82, 2.24) is 14.3 Å². The average molecular weight is 355 g/mol. The molecule has 8 heteroatoms. The zero-order chi connectivity index (χ0) is 17.4. The number of nitriles is 1. The van der Waals surface area contributed by atoms with Gasteiger partial charge in [0.25, 0.3) is 0 Å². The second kappa shape index (κ2) is 6.10. The molecular weight excluding hydrogens is 338 g/mol. The predicted octanol–water partition coefficient (Wildman–Crippen LogP) is 1.11. The first-order valence-electron chi connectivity index (χ1n) is 8.11. The molecule has 4 rings (SSSR count). The Morgan fingerprint density at radius 3 is 2.36 bits per heavy atom. The lowest BCUT2D eigenvalue weighted by molar-refractivity contribution is 0.453. The van der Waals surface area contributed by atoms with Crippen molar-refractivity contribution >= 4 is 16.0 Å². The lowest BCUT2D eigenvalue weighted by atomic mass is 10.0. The fourth-order valence-electron chi connectivity index (χ4n) is 3.61. The van der Waals surface area contributed by atoms with Gasteiger partial charge in [0.05, 0.1) is 4.90 Å². The van der Waals surface area contributed by atoms with Crippen molar-refractivity contribution in [1.29, 1.82) is 5.26 Å². The Bertz CT molecular complexity index is 912. The molecule has 0 radical (unpaired) electrons. The van der Waals surface area contributed by atoms with Crippen LogP contribution in [0.1, 0.15) is 5.69 Å². The Morgan fingerprint density at radius 2 is 1.72 bits per heavy atom. The molecule has 1 aromatic carbocycles. The van der Waals surface area contributed by atoms with Crippen LogP contribution < -0.4 is 4.90 Å². The second-order valence-electron chi connectivity index (χ2n) is 6.41. The van der Waals surface area contributed by atoms with Crippen LogP contribution in [0.25, 0.3) is 0 Å². The predicted molar refractivity (Wildman–Crippen MR) is 91.1 cm³/mol. The van der Waals surface area contributed by atoms with Gasteiger partial charge in [-0.25, -0.2) is 18.4 Å². The standard InChI is InChI=1S/C17H17N5O2S/c18-8-15-6-7-19-17(20-15)21-9-13-11-22(12-14(13)10-21)25(23,24)16-4-2-1-3-5-16/h1-7,13-14H,9-12H2. The van der Waals surface area contributed by atoms with Crippen LogP contribution in [0.4, 0.5) is 5.95 Å². The summed E-state index contributed by atoms with van der Waals surface area (Å²) in [6.45, 7) is 2.44. The van der Waals surface area contributed by atoms with E-state index in [2.05, 4.69) is 9.97 Å². The van der Waals surface area contributed by atoms with Crippen LogP contribution in [0, 0.1) is 23.2 Å². The van der Waals surface area contributed by atoms with Crippen molar-refractivity contribution in [3.63, 3.8) is 0 Å². The fraction of sp³-hybridized carbons (Fsp3) is 0.353. The number of fused-ring (bicyclic) bond motifs is 1.